The highest BCUT2D eigenvalue weighted by atomic mass is 16.5. The molecule has 0 spiro atoms. The first kappa shape index (κ1) is 20.3. The Morgan fingerprint density at radius 2 is 2.00 bits per heavy atom. The van der Waals surface area contributed by atoms with E-state index in [9.17, 15) is 14.4 Å². The van der Waals surface area contributed by atoms with Crippen LogP contribution >= 0.6 is 0 Å². The van der Waals surface area contributed by atoms with Crippen LogP contribution in [0.1, 0.15) is 26.7 Å². The van der Waals surface area contributed by atoms with E-state index in [1.165, 1.54) is 14.2 Å². The average molecular weight is 375 g/mol. The van der Waals surface area contributed by atoms with Crippen LogP contribution < -0.4 is 20.1 Å². The number of carbonyl (C=O) groups excluding carboxylic acids is 3. The van der Waals surface area contributed by atoms with Crippen LogP contribution in [0.5, 0.6) is 11.5 Å². The third-order valence-corrected chi connectivity index (χ3v) is 4.29. The first-order chi connectivity index (χ1) is 13.0. The summed E-state index contributed by atoms with van der Waals surface area (Å²) in [5.74, 6) is -1.22. The number of ether oxygens (including phenoxy) is 2. The molecule has 4 amide bonds. The van der Waals surface area contributed by atoms with E-state index in [1.54, 1.807) is 31.2 Å². The predicted molar refractivity (Wildman–Crippen MR) is 101 cm³/mol. The Hall–Kier alpha value is -3.03. The quantitative estimate of drug-likeness (QED) is 0.678. The van der Waals surface area contributed by atoms with E-state index < -0.39 is 23.8 Å². The van der Waals surface area contributed by atoms with Crippen LogP contribution in [0, 0.1) is 5.92 Å². The molecule has 8 nitrogen and oxygen atoms in total. The zero-order valence-electron chi connectivity index (χ0n) is 16.0. The van der Waals surface area contributed by atoms with Gasteiger partial charge in [-0.2, -0.15) is 0 Å². The van der Waals surface area contributed by atoms with Gasteiger partial charge in [0.25, 0.3) is 0 Å². The molecule has 0 aromatic heterocycles. The SMILES string of the molecule is C/C=C(/Nc1cc(OC)ccc1OC)[C@@H]1C(=O)NC(=O)N(CCCC)C1=O. The van der Waals surface area contributed by atoms with Gasteiger partial charge in [-0.05, 0) is 25.5 Å². The number of imide groups is 2. The molecule has 1 saturated heterocycles. The number of hydrogen-bond acceptors (Lipinski definition) is 6. The van der Waals surface area contributed by atoms with Crippen molar-refractivity contribution in [1.29, 1.82) is 0 Å². The second kappa shape index (κ2) is 9.07. The van der Waals surface area contributed by atoms with Gasteiger partial charge in [-0.1, -0.05) is 19.4 Å². The second-order valence-corrected chi connectivity index (χ2v) is 6.01. The number of urea groups is 1. The molecule has 1 fully saturated rings. The lowest BCUT2D eigenvalue weighted by atomic mass is 9.99. The monoisotopic (exact) mass is 375 g/mol. The first-order valence-corrected chi connectivity index (χ1v) is 8.78. The van der Waals surface area contributed by atoms with E-state index in [-0.39, 0.29) is 6.54 Å². The minimum absolute atomic E-state index is 0.268. The third-order valence-electron chi connectivity index (χ3n) is 4.29. The Bertz CT molecular complexity index is 760. The minimum Gasteiger partial charge on any atom is -0.497 e. The zero-order valence-corrected chi connectivity index (χ0v) is 16.0. The van der Waals surface area contributed by atoms with Gasteiger partial charge in [0.15, 0.2) is 5.92 Å². The molecule has 0 saturated carbocycles. The van der Waals surface area contributed by atoms with E-state index in [0.29, 0.717) is 29.3 Å². The normalized spacial score (nSPS) is 17.6. The summed E-state index contributed by atoms with van der Waals surface area (Å²) in [4.78, 5) is 38.3. The van der Waals surface area contributed by atoms with Crippen LogP contribution in [0.25, 0.3) is 0 Å². The average Bonchev–Trinajstić information content (AvgIpc) is 2.66. The van der Waals surface area contributed by atoms with Crippen molar-refractivity contribution in [3.05, 3.63) is 30.0 Å². The lowest BCUT2D eigenvalue weighted by molar-refractivity contribution is -0.140. The molecule has 0 aliphatic carbocycles. The number of unbranched alkanes of at least 4 members (excludes halogenated alkanes) is 1. The molecule has 1 aromatic carbocycles. The minimum atomic E-state index is -1.14. The maximum absolute atomic E-state index is 12.8. The smallest absolute Gasteiger partial charge is 0.330 e. The Labute approximate surface area is 158 Å². The summed E-state index contributed by atoms with van der Waals surface area (Å²) in [7, 11) is 3.06. The molecule has 1 aromatic rings. The van der Waals surface area contributed by atoms with Gasteiger partial charge >= 0.3 is 6.03 Å². The van der Waals surface area contributed by atoms with Crippen molar-refractivity contribution in [2.45, 2.75) is 26.7 Å². The number of allylic oxidation sites excluding steroid dienone is 1. The van der Waals surface area contributed by atoms with Crippen molar-refractivity contribution in [3.8, 4) is 11.5 Å². The fourth-order valence-electron chi connectivity index (χ4n) is 2.79. The largest absolute Gasteiger partial charge is 0.497 e. The number of amides is 4. The molecule has 0 unspecified atom stereocenters. The zero-order chi connectivity index (χ0) is 20.0. The molecule has 146 valence electrons. The van der Waals surface area contributed by atoms with Crippen LogP contribution in [0.4, 0.5) is 10.5 Å². The van der Waals surface area contributed by atoms with Crippen molar-refractivity contribution in [1.82, 2.24) is 10.2 Å². The predicted octanol–water partition coefficient (Wildman–Crippen LogP) is 2.51. The summed E-state index contributed by atoms with van der Waals surface area (Å²) < 4.78 is 10.5. The maximum Gasteiger partial charge on any atom is 0.330 e. The summed E-state index contributed by atoms with van der Waals surface area (Å²) >= 11 is 0. The van der Waals surface area contributed by atoms with Gasteiger partial charge in [0, 0.05) is 18.3 Å². The van der Waals surface area contributed by atoms with Crippen molar-refractivity contribution in [2.24, 2.45) is 5.92 Å². The van der Waals surface area contributed by atoms with Crippen LogP contribution in [-0.4, -0.2) is 43.5 Å². The van der Waals surface area contributed by atoms with E-state index in [1.807, 2.05) is 6.92 Å². The van der Waals surface area contributed by atoms with Crippen LogP contribution in [0.2, 0.25) is 0 Å². The first-order valence-electron chi connectivity index (χ1n) is 8.78. The summed E-state index contributed by atoms with van der Waals surface area (Å²) in [5.41, 5.74) is 0.903. The molecule has 0 bridgehead atoms. The topological polar surface area (TPSA) is 97.0 Å². The fraction of sp³-hybridized carbons (Fsp3) is 0.421. The van der Waals surface area contributed by atoms with Crippen molar-refractivity contribution < 1.29 is 23.9 Å². The van der Waals surface area contributed by atoms with Crippen LogP contribution in [0.15, 0.2) is 30.0 Å². The molecule has 27 heavy (non-hydrogen) atoms. The number of benzene rings is 1. The number of rotatable bonds is 8. The Morgan fingerprint density at radius 1 is 1.26 bits per heavy atom. The number of anilines is 1. The Balaban J connectivity index is 2.32. The fourth-order valence-corrected chi connectivity index (χ4v) is 2.79. The van der Waals surface area contributed by atoms with Gasteiger partial charge < -0.3 is 14.8 Å². The van der Waals surface area contributed by atoms with Crippen molar-refractivity contribution >= 4 is 23.5 Å². The number of carbonyl (C=O) groups is 3. The molecule has 1 aliphatic heterocycles. The van der Waals surface area contributed by atoms with Gasteiger partial charge in [-0.3, -0.25) is 19.8 Å². The maximum atomic E-state index is 12.8. The van der Waals surface area contributed by atoms with E-state index in [4.69, 9.17) is 9.47 Å². The lowest BCUT2D eigenvalue weighted by Crippen LogP contribution is -2.58. The molecule has 8 heteroatoms. The number of barbiturate groups is 1. The van der Waals surface area contributed by atoms with Crippen molar-refractivity contribution in [3.63, 3.8) is 0 Å². The lowest BCUT2D eigenvalue weighted by Gasteiger charge is -2.31. The van der Waals surface area contributed by atoms with E-state index >= 15 is 0 Å². The summed E-state index contributed by atoms with van der Waals surface area (Å²) in [6.45, 7) is 3.94. The van der Waals surface area contributed by atoms with Gasteiger partial charge in [0.1, 0.15) is 11.5 Å². The molecule has 2 N–H and O–H groups in total. The van der Waals surface area contributed by atoms with Gasteiger partial charge in [0.2, 0.25) is 11.8 Å². The number of nitrogens with one attached hydrogen (secondary N) is 2. The van der Waals surface area contributed by atoms with Gasteiger partial charge in [-0.15, -0.1) is 0 Å². The summed E-state index contributed by atoms with van der Waals surface area (Å²) in [5, 5.41) is 5.34. The van der Waals surface area contributed by atoms with Gasteiger partial charge in [-0.25, -0.2) is 4.79 Å². The summed E-state index contributed by atoms with van der Waals surface area (Å²) in [6.07, 6.45) is 3.13. The second-order valence-electron chi connectivity index (χ2n) is 6.01. The Morgan fingerprint density at radius 3 is 2.59 bits per heavy atom. The molecule has 1 atom stereocenters. The van der Waals surface area contributed by atoms with E-state index in [2.05, 4.69) is 10.6 Å². The molecular formula is C19H25N3O5. The highest BCUT2D eigenvalue weighted by Crippen LogP contribution is 2.32. The van der Waals surface area contributed by atoms with Gasteiger partial charge in [0.05, 0.1) is 19.9 Å². The highest BCUT2D eigenvalue weighted by molar-refractivity contribution is 6.18. The highest BCUT2D eigenvalue weighted by Gasteiger charge is 2.42. The van der Waals surface area contributed by atoms with Crippen molar-refractivity contribution in [2.75, 3.05) is 26.1 Å². The number of methoxy groups -OCH3 is 2. The molecule has 1 aliphatic rings. The molecule has 2 rings (SSSR count). The Kier molecular flexibility index (Phi) is 6.81. The molecule has 0 radical (unpaired) electrons. The molecular weight excluding hydrogens is 350 g/mol. The van der Waals surface area contributed by atoms with Crippen LogP contribution in [0.3, 0.4) is 0 Å². The number of hydrogen-bond donors (Lipinski definition) is 2. The third kappa shape index (κ3) is 4.39. The van der Waals surface area contributed by atoms with Crippen LogP contribution in [-0.2, 0) is 9.59 Å². The molecule has 1 heterocycles. The van der Waals surface area contributed by atoms with E-state index in [0.717, 1.165) is 11.3 Å². The number of nitrogens with zero attached hydrogens (tertiary/aromatic N) is 1. The standard InChI is InChI=1S/C19H25N3O5/c1-5-7-10-22-18(24)16(17(23)21-19(22)25)13(6-2)20-14-11-12(26-3)8-9-15(14)27-4/h6,8-9,11,16,20H,5,7,10H2,1-4H3,(H,21,23,25)/b13-6+/t16-/m1/s1. The summed E-state index contributed by atoms with van der Waals surface area (Å²) in [6, 6.07) is 4.48.